The average Bonchev–Trinajstić information content (AvgIpc) is 2.26. The topological polar surface area (TPSA) is 78.7 Å². The molecule has 0 aliphatic rings. The fraction of sp³-hybridized carbons (Fsp3) is 0.364. The quantitative estimate of drug-likeness (QED) is 0.458. The maximum Gasteiger partial charge on any atom is 0.508 e. The van der Waals surface area contributed by atoms with Crippen LogP contribution in [0.2, 0.25) is 0 Å². The van der Waals surface area contributed by atoms with Crippen molar-refractivity contribution in [1.82, 2.24) is 0 Å². The first-order valence-electron chi connectivity index (χ1n) is 5.06. The Labute approximate surface area is 98.3 Å². The van der Waals surface area contributed by atoms with Crippen LogP contribution in [0, 0.1) is 10.1 Å². The first-order valence-corrected chi connectivity index (χ1v) is 5.06. The number of rotatable bonds is 4. The van der Waals surface area contributed by atoms with Crippen LogP contribution in [-0.4, -0.2) is 17.2 Å². The van der Waals surface area contributed by atoms with E-state index in [1.165, 1.54) is 24.3 Å². The van der Waals surface area contributed by atoms with E-state index in [1.807, 2.05) is 0 Å². The molecule has 0 radical (unpaired) electrons. The second-order valence-electron chi connectivity index (χ2n) is 3.63. The van der Waals surface area contributed by atoms with Gasteiger partial charge in [-0.25, -0.2) is 4.79 Å². The highest BCUT2D eigenvalue weighted by Crippen LogP contribution is 2.12. The summed E-state index contributed by atoms with van der Waals surface area (Å²) in [6.07, 6.45) is -0.988. The van der Waals surface area contributed by atoms with Crippen molar-refractivity contribution >= 4 is 11.8 Å². The minimum absolute atomic E-state index is 0.00138. The lowest BCUT2D eigenvalue weighted by molar-refractivity contribution is -0.384. The van der Waals surface area contributed by atoms with E-state index in [-0.39, 0.29) is 18.4 Å². The van der Waals surface area contributed by atoms with Crippen LogP contribution in [0.1, 0.15) is 19.4 Å². The van der Waals surface area contributed by atoms with Gasteiger partial charge in [0.05, 0.1) is 11.0 Å². The zero-order valence-corrected chi connectivity index (χ0v) is 9.58. The Bertz CT molecular complexity index is 399. The van der Waals surface area contributed by atoms with Gasteiger partial charge in [-0.1, -0.05) is 0 Å². The summed E-state index contributed by atoms with van der Waals surface area (Å²) in [6.45, 7) is 3.46. The van der Waals surface area contributed by atoms with E-state index in [0.29, 0.717) is 5.56 Å². The van der Waals surface area contributed by atoms with E-state index in [2.05, 4.69) is 0 Å². The van der Waals surface area contributed by atoms with Crippen LogP contribution in [0.4, 0.5) is 10.5 Å². The van der Waals surface area contributed by atoms with Crippen molar-refractivity contribution in [1.29, 1.82) is 0 Å². The van der Waals surface area contributed by atoms with Crippen molar-refractivity contribution < 1.29 is 19.2 Å². The van der Waals surface area contributed by atoms with E-state index < -0.39 is 11.1 Å². The predicted molar refractivity (Wildman–Crippen MR) is 59.5 cm³/mol. The number of carbonyl (C=O) groups excluding carboxylic acids is 1. The Morgan fingerprint density at radius 3 is 2.41 bits per heavy atom. The van der Waals surface area contributed by atoms with Gasteiger partial charge in [0.15, 0.2) is 0 Å². The highest BCUT2D eigenvalue weighted by molar-refractivity contribution is 5.60. The molecule has 0 aliphatic carbocycles. The lowest BCUT2D eigenvalue weighted by Crippen LogP contribution is -2.12. The number of hydrogen-bond acceptors (Lipinski definition) is 5. The Balaban J connectivity index is 2.47. The summed E-state index contributed by atoms with van der Waals surface area (Å²) in [4.78, 5) is 21.0. The Morgan fingerprint density at radius 2 is 1.94 bits per heavy atom. The highest BCUT2D eigenvalue weighted by atomic mass is 16.7. The fourth-order valence-corrected chi connectivity index (χ4v) is 1.08. The minimum atomic E-state index is -0.752. The Morgan fingerprint density at radius 1 is 1.35 bits per heavy atom. The smallest absolute Gasteiger partial charge is 0.432 e. The summed E-state index contributed by atoms with van der Waals surface area (Å²) in [5.41, 5.74) is 0.662. The van der Waals surface area contributed by atoms with Gasteiger partial charge in [0.1, 0.15) is 6.61 Å². The minimum Gasteiger partial charge on any atom is -0.432 e. The Hall–Kier alpha value is -2.11. The molecule has 1 aromatic carbocycles. The number of nitrogens with zero attached hydrogens (tertiary/aromatic N) is 1. The Kier molecular flexibility index (Phi) is 4.45. The molecule has 17 heavy (non-hydrogen) atoms. The van der Waals surface area contributed by atoms with E-state index in [4.69, 9.17) is 9.47 Å². The molecule has 0 saturated carbocycles. The molecule has 0 N–H and O–H groups in total. The number of nitro benzene ring substituents is 1. The molecular formula is C11H13NO5. The number of ether oxygens (including phenoxy) is 2. The summed E-state index contributed by atoms with van der Waals surface area (Å²) in [6, 6.07) is 5.76. The number of carbonyl (C=O) groups is 1. The molecule has 1 aromatic rings. The molecular weight excluding hydrogens is 226 g/mol. The van der Waals surface area contributed by atoms with E-state index >= 15 is 0 Å². The van der Waals surface area contributed by atoms with Crippen LogP contribution in [0.5, 0.6) is 0 Å². The SMILES string of the molecule is CC(C)OC(=O)OCc1ccc([N+](=O)[O-])cc1. The van der Waals surface area contributed by atoms with Crippen molar-refractivity contribution in [3.8, 4) is 0 Å². The lowest BCUT2D eigenvalue weighted by Gasteiger charge is -2.08. The van der Waals surface area contributed by atoms with Gasteiger partial charge >= 0.3 is 6.16 Å². The largest absolute Gasteiger partial charge is 0.508 e. The van der Waals surface area contributed by atoms with Gasteiger partial charge in [0.25, 0.3) is 5.69 Å². The van der Waals surface area contributed by atoms with Crippen LogP contribution in [0.25, 0.3) is 0 Å². The first-order chi connectivity index (χ1) is 7.99. The molecule has 0 bridgehead atoms. The number of hydrogen-bond donors (Lipinski definition) is 0. The summed E-state index contributed by atoms with van der Waals surface area (Å²) in [5.74, 6) is 0. The second-order valence-corrected chi connectivity index (χ2v) is 3.63. The third kappa shape index (κ3) is 4.50. The van der Waals surface area contributed by atoms with Crippen molar-refractivity contribution in [2.24, 2.45) is 0 Å². The normalized spacial score (nSPS) is 10.1. The maximum atomic E-state index is 11.0. The van der Waals surface area contributed by atoms with Gasteiger partial charge in [0, 0.05) is 12.1 Å². The lowest BCUT2D eigenvalue weighted by atomic mass is 10.2. The summed E-state index contributed by atoms with van der Waals surface area (Å²) in [7, 11) is 0. The van der Waals surface area contributed by atoms with Gasteiger partial charge in [0.2, 0.25) is 0 Å². The van der Waals surface area contributed by atoms with E-state index in [9.17, 15) is 14.9 Å². The molecule has 6 heteroatoms. The van der Waals surface area contributed by atoms with Crippen LogP contribution in [0.15, 0.2) is 24.3 Å². The number of non-ortho nitro benzene ring substituents is 1. The van der Waals surface area contributed by atoms with Gasteiger partial charge in [-0.05, 0) is 31.5 Å². The van der Waals surface area contributed by atoms with Crippen molar-refractivity contribution in [3.63, 3.8) is 0 Å². The molecule has 0 fully saturated rings. The molecule has 6 nitrogen and oxygen atoms in total. The fourth-order valence-electron chi connectivity index (χ4n) is 1.08. The molecule has 0 atom stereocenters. The third-order valence-corrected chi connectivity index (χ3v) is 1.84. The molecule has 0 amide bonds. The van der Waals surface area contributed by atoms with Crippen molar-refractivity contribution in [2.45, 2.75) is 26.6 Å². The molecule has 1 rings (SSSR count). The van der Waals surface area contributed by atoms with E-state index in [1.54, 1.807) is 13.8 Å². The van der Waals surface area contributed by atoms with Gasteiger partial charge in [-0.15, -0.1) is 0 Å². The number of nitro groups is 1. The standard InChI is InChI=1S/C11H13NO5/c1-8(2)17-11(13)16-7-9-3-5-10(6-4-9)12(14)15/h3-6,8H,7H2,1-2H3. The van der Waals surface area contributed by atoms with Gasteiger partial charge in [-0.3, -0.25) is 10.1 Å². The highest BCUT2D eigenvalue weighted by Gasteiger charge is 2.08. The molecule has 92 valence electrons. The maximum absolute atomic E-state index is 11.0. The first kappa shape index (κ1) is 13.0. The molecule has 0 saturated heterocycles. The zero-order chi connectivity index (χ0) is 12.8. The monoisotopic (exact) mass is 239 g/mol. The average molecular weight is 239 g/mol. The summed E-state index contributed by atoms with van der Waals surface area (Å²) in [5, 5.41) is 10.4. The van der Waals surface area contributed by atoms with Gasteiger partial charge in [-0.2, -0.15) is 0 Å². The summed E-state index contributed by atoms with van der Waals surface area (Å²) < 4.78 is 9.57. The second kappa shape index (κ2) is 5.83. The van der Waals surface area contributed by atoms with Crippen LogP contribution in [-0.2, 0) is 16.1 Å². The third-order valence-electron chi connectivity index (χ3n) is 1.84. The van der Waals surface area contributed by atoms with Crippen molar-refractivity contribution in [3.05, 3.63) is 39.9 Å². The van der Waals surface area contributed by atoms with Crippen molar-refractivity contribution in [2.75, 3.05) is 0 Å². The zero-order valence-electron chi connectivity index (χ0n) is 9.58. The van der Waals surface area contributed by atoms with E-state index in [0.717, 1.165) is 0 Å². The summed E-state index contributed by atoms with van der Waals surface area (Å²) >= 11 is 0. The predicted octanol–water partition coefficient (Wildman–Crippen LogP) is 2.66. The molecule has 0 unspecified atom stereocenters. The molecule has 0 spiro atoms. The van der Waals surface area contributed by atoms with Gasteiger partial charge < -0.3 is 9.47 Å². The molecule has 0 aliphatic heterocycles. The van der Waals surface area contributed by atoms with Crippen LogP contribution >= 0.6 is 0 Å². The van der Waals surface area contributed by atoms with Crippen LogP contribution < -0.4 is 0 Å². The molecule has 0 aromatic heterocycles. The number of benzene rings is 1. The molecule has 0 heterocycles. The van der Waals surface area contributed by atoms with Crippen LogP contribution in [0.3, 0.4) is 0 Å².